The summed E-state index contributed by atoms with van der Waals surface area (Å²) in [6, 6.07) is 14.2. The van der Waals surface area contributed by atoms with Gasteiger partial charge in [0.25, 0.3) is 0 Å². The first kappa shape index (κ1) is 27.9. The van der Waals surface area contributed by atoms with Crippen LogP contribution in [0, 0.1) is 26.7 Å². The number of hydrogen-bond acceptors (Lipinski definition) is 6. The second kappa shape index (κ2) is 10.9. The van der Waals surface area contributed by atoms with Crippen molar-refractivity contribution in [3.05, 3.63) is 64.8 Å². The Balaban J connectivity index is 1.58. The van der Waals surface area contributed by atoms with Crippen LogP contribution in [0.1, 0.15) is 55.2 Å². The normalized spacial score (nSPS) is 15.7. The summed E-state index contributed by atoms with van der Waals surface area (Å²) in [6.45, 7) is 12.5. The summed E-state index contributed by atoms with van der Waals surface area (Å²) in [5, 5.41) is 20.5. The van der Waals surface area contributed by atoms with Crippen LogP contribution in [0.3, 0.4) is 0 Å². The fourth-order valence-corrected chi connectivity index (χ4v) is 6.34. The molecule has 1 N–H and O–H groups in total. The standard InChI is InChI=1S/C33H37N5O4/c1-19(2)18-42-32(33(40)41)28-22(5)30-31-24(29(28)23-10-8-20(3)9-11-23)17-21(4)36(31)15-16-38(30)26-13-12-25(34-35-26)37-14-6-7-27(37)39/h8-13,17,19,32H,6-7,14-16,18H2,1-5H3,(H,40,41)/t32-/m0/s1. The largest absolute Gasteiger partial charge is 0.479 e. The van der Waals surface area contributed by atoms with E-state index in [4.69, 9.17) is 4.74 Å². The quantitative estimate of drug-likeness (QED) is 0.275. The maximum Gasteiger partial charge on any atom is 0.337 e. The number of carboxylic acid groups (broad SMARTS) is 1. The summed E-state index contributed by atoms with van der Waals surface area (Å²) in [6.07, 6.45) is 0.205. The van der Waals surface area contributed by atoms with E-state index in [1.54, 1.807) is 4.90 Å². The van der Waals surface area contributed by atoms with Crippen LogP contribution in [-0.2, 0) is 20.9 Å². The van der Waals surface area contributed by atoms with Crippen molar-refractivity contribution in [2.24, 2.45) is 5.92 Å². The number of aliphatic carboxylic acids is 1. The average molecular weight is 568 g/mol. The molecule has 2 aliphatic rings. The summed E-state index contributed by atoms with van der Waals surface area (Å²) in [4.78, 5) is 29.0. The third kappa shape index (κ3) is 4.71. The van der Waals surface area contributed by atoms with Gasteiger partial charge in [-0.15, -0.1) is 10.2 Å². The molecule has 0 radical (unpaired) electrons. The number of benzene rings is 2. The van der Waals surface area contributed by atoms with Gasteiger partial charge < -0.3 is 19.3 Å². The highest BCUT2D eigenvalue weighted by Crippen LogP contribution is 2.48. The smallest absolute Gasteiger partial charge is 0.337 e. The molecular formula is C33H37N5O4. The number of carbonyl (C=O) groups excluding carboxylic acids is 1. The van der Waals surface area contributed by atoms with Crippen molar-refractivity contribution in [1.29, 1.82) is 0 Å². The second-order valence-electron chi connectivity index (χ2n) is 11.8. The highest BCUT2D eigenvalue weighted by atomic mass is 16.5. The van der Waals surface area contributed by atoms with Crippen molar-refractivity contribution in [1.82, 2.24) is 14.8 Å². The molecule has 0 aliphatic carbocycles. The molecule has 1 fully saturated rings. The zero-order valence-corrected chi connectivity index (χ0v) is 24.8. The van der Waals surface area contributed by atoms with Gasteiger partial charge in [0.05, 0.1) is 17.8 Å². The minimum Gasteiger partial charge on any atom is -0.479 e. The van der Waals surface area contributed by atoms with Crippen LogP contribution in [0.2, 0.25) is 0 Å². The lowest BCUT2D eigenvalue weighted by Crippen LogP contribution is -2.31. The number of aryl methyl sites for hydroxylation is 2. The lowest BCUT2D eigenvalue weighted by atomic mass is 9.87. The Morgan fingerprint density at radius 2 is 1.67 bits per heavy atom. The van der Waals surface area contributed by atoms with Gasteiger partial charge in [0.2, 0.25) is 5.91 Å². The van der Waals surface area contributed by atoms with Crippen LogP contribution in [-0.4, -0.2) is 51.4 Å². The Morgan fingerprint density at radius 3 is 2.26 bits per heavy atom. The molecule has 0 saturated carbocycles. The number of amides is 1. The highest BCUT2D eigenvalue weighted by molar-refractivity contribution is 6.08. The minimum atomic E-state index is -1.15. The van der Waals surface area contributed by atoms with Crippen molar-refractivity contribution >= 4 is 40.1 Å². The van der Waals surface area contributed by atoms with Gasteiger partial charge in [0.15, 0.2) is 17.7 Å². The van der Waals surface area contributed by atoms with Gasteiger partial charge in [0, 0.05) is 42.7 Å². The molecule has 6 rings (SSSR count). The van der Waals surface area contributed by atoms with Crippen molar-refractivity contribution in [3.8, 4) is 11.1 Å². The number of rotatable bonds is 8. The summed E-state index contributed by atoms with van der Waals surface area (Å²) in [5.74, 6) is 0.440. The van der Waals surface area contributed by atoms with Crippen LogP contribution in [0.15, 0.2) is 42.5 Å². The molecule has 0 bridgehead atoms. The molecule has 9 nitrogen and oxygen atoms in total. The number of anilines is 3. The Bertz CT molecular complexity index is 1670. The van der Waals surface area contributed by atoms with Crippen LogP contribution in [0.5, 0.6) is 0 Å². The van der Waals surface area contributed by atoms with Gasteiger partial charge in [-0.25, -0.2) is 4.79 Å². The molecule has 0 unspecified atom stereocenters. The molecule has 4 aromatic rings. The first-order valence-corrected chi connectivity index (χ1v) is 14.6. The Kier molecular flexibility index (Phi) is 7.22. The molecule has 1 saturated heterocycles. The summed E-state index contributed by atoms with van der Waals surface area (Å²) in [5.41, 5.74) is 7.55. The van der Waals surface area contributed by atoms with E-state index in [1.165, 1.54) is 0 Å². The predicted molar refractivity (Wildman–Crippen MR) is 163 cm³/mol. The third-order valence-corrected chi connectivity index (χ3v) is 8.33. The zero-order valence-electron chi connectivity index (χ0n) is 24.8. The number of carboxylic acids is 1. The molecule has 9 heteroatoms. The van der Waals surface area contributed by atoms with Crippen LogP contribution < -0.4 is 9.80 Å². The fourth-order valence-electron chi connectivity index (χ4n) is 6.34. The molecule has 1 amide bonds. The molecule has 4 heterocycles. The third-order valence-electron chi connectivity index (χ3n) is 8.33. The Hall–Kier alpha value is -4.24. The fraction of sp³-hybridized carbons (Fsp3) is 0.394. The topological polar surface area (TPSA) is 101 Å². The molecule has 2 aliphatic heterocycles. The van der Waals surface area contributed by atoms with Crippen molar-refractivity contribution in [2.45, 2.75) is 60.1 Å². The van der Waals surface area contributed by atoms with Gasteiger partial charge in [-0.2, -0.15) is 0 Å². The number of hydrogen-bond donors (Lipinski definition) is 1. The summed E-state index contributed by atoms with van der Waals surface area (Å²) >= 11 is 0. The van der Waals surface area contributed by atoms with Gasteiger partial charge in [0.1, 0.15) is 0 Å². The Morgan fingerprint density at radius 1 is 0.976 bits per heavy atom. The van der Waals surface area contributed by atoms with Crippen LogP contribution in [0.25, 0.3) is 22.0 Å². The van der Waals surface area contributed by atoms with E-state index >= 15 is 0 Å². The van der Waals surface area contributed by atoms with E-state index in [-0.39, 0.29) is 11.8 Å². The highest BCUT2D eigenvalue weighted by Gasteiger charge is 2.35. The number of nitrogens with zero attached hydrogens (tertiary/aromatic N) is 5. The molecule has 218 valence electrons. The van der Waals surface area contributed by atoms with E-state index in [1.807, 2.05) is 39.8 Å². The molecular weight excluding hydrogens is 530 g/mol. The maximum atomic E-state index is 12.9. The Labute approximate surface area is 245 Å². The van der Waals surface area contributed by atoms with Gasteiger partial charge >= 0.3 is 5.97 Å². The summed E-state index contributed by atoms with van der Waals surface area (Å²) in [7, 11) is 0. The zero-order chi connectivity index (χ0) is 29.7. The first-order chi connectivity index (χ1) is 20.2. The van der Waals surface area contributed by atoms with Crippen LogP contribution in [0.4, 0.5) is 17.3 Å². The van der Waals surface area contributed by atoms with E-state index in [2.05, 4.69) is 56.9 Å². The summed E-state index contributed by atoms with van der Waals surface area (Å²) < 4.78 is 8.47. The van der Waals surface area contributed by atoms with Gasteiger partial charge in [-0.3, -0.25) is 9.69 Å². The van der Waals surface area contributed by atoms with E-state index in [0.29, 0.717) is 43.3 Å². The molecule has 0 spiro atoms. The van der Waals surface area contributed by atoms with Crippen molar-refractivity contribution in [3.63, 3.8) is 0 Å². The van der Waals surface area contributed by atoms with E-state index < -0.39 is 12.1 Å². The van der Waals surface area contributed by atoms with Crippen LogP contribution >= 0.6 is 0 Å². The van der Waals surface area contributed by atoms with Gasteiger partial charge in [-0.1, -0.05) is 43.7 Å². The van der Waals surface area contributed by atoms with Crippen molar-refractivity contribution in [2.75, 3.05) is 29.5 Å². The predicted octanol–water partition coefficient (Wildman–Crippen LogP) is 6.10. The van der Waals surface area contributed by atoms with Gasteiger partial charge in [-0.05, 0) is 68.0 Å². The second-order valence-corrected chi connectivity index (χ2v) is 11.8. The molecule has 2 aromatic carbocycles. The lowest BCUT2D eigenvalue weighted by molar-refractivity contribution is -0.151. The SMILES string of the molecule is Cc1ccc(-c2c([C@H](OCC(C)C)C(=O)O)c(C)c3c4c2cc(C)n4CCN3c2ccc(N3CCCC3=O)nn2)cc1. The monoisotopic (exact) mass is 567 g/mol. The van der Waals surface area contributed by atoms with Crippen molar-refractivity contribution < 1.29 is 19.4 Å². The molecule has 1 atom stereocenters. The van der Waals surface area contributed by atoms with E-state index in [0.717, 1.165) is 57.5 Å². The minimum absolute atomic E-state index is 0.0679. The average Bonchev–Trinajstić information content (AvgIpc) is 3.54. The number of carbonyl (C=O) groups is 2. The lowest BCUT2D eigenvalue weighted by Gasteiger charge is -2.34. The first-order valence-electron chi connectivity index (χ1n) is 14.6. The maximum absolute atomic E-state index is 12.9. The number of aromatic nitrogens is 3. The van der Waals surface area contributed by atoms with E-state index in [9.17, 15) is 14.7 Å². The number of ether oxygens (including phenoxy) is 1. The molecule has 42 heavy (non-hydrogen) atoms. The molecule has 2 aromatic heterocycles.